The van der Waals surface area contributed by atoms with Gasteiger partial charge in [-0.3, -0.25) is 4.79 Å². The van der Waals surface area contributed by atoms with Crippen LogP contribution in [0.2, 0.25) is 5.02 Å². The van der Waals surface area contributed by atoms with Gasteiger partial charge >= 0.3 is 0 Å². The van der Waals surface area contributed by atoms with Gasteiger partial charge in [0.1, 0.15) is 5.75 Å². The number of aryl methyl sites for hydroxylation is 1. The topological polar surface area (TPSA) is 61.7 Å². The summed E-state index contributed by atoms with van der Waals surface area (Å²) < 4.78 is 0. The van der Waals surface area contributed by atoms with Crippen molar-refractivity contribution in [1.29, 1.82) is 0 Å². The lowest BCUT2D eigenvalue weighted by Crippen LogP contribution is -2.15. The number of nitrogens with zero attached hydrogens (tertiary/aromatic N) is 1. The van der Waals surface area contributed by atoms with Gasteiger partial charge in [0.2, 0.25) is 0 Å². The van der Waals surface area contributed by atoms with Gasteiger partial charge < -0.3 is 10.4 Å². The average molecular weight is 339 g/mol. The Balaban J connectivity index is 1.94. The van der Waals surface area contributed by atoms with Crippen LogP contribution in [0, 0.1) is 6.92 Å². The molecule has 0 heterocycles. The summed E-state index contributed by atoms with van der Waals surface area (Å²) in [6, 6.07) is 12.4. The summed E-state index contributed by atoms with van der Waals surface area (Å²) in [4.78, 5) is 16.2. The summed E-state index contributed by atoms with van der Waals surface area (Å²) in [5, 5.41) is 13.0. The van der Waals surface area contributed by atoms with Crippen LogP contribution in [0.15, 0.2) is 71.4 Å². The van der Waals surface area contributed by atoms with E-state index in [4.69, 9.17) is 11.6 Å². The zero-order valence-electron chi connectivity index (χ0n) is 13.0. The van der Waals surface area contributed by atoms with E-state index in [-0.39, 0.29) is 11.5 Å². The first-order valence-electron chi connectivity index (χ1n) is 7.36. The first-order valence-corrected chi connectivity index (χ1v) is 7.74. The van der Waals surface area contributed by atoms with Gasteiger partial charge in [-0.2, -0.15) is 0 Å². The standard InChI is InChI=1S/C19H15ClN2O2/c1-12-2-4-13(5-3-12)21-19-11-15(24)7-9-18(19)22-17-8-6-14(23)10-16(17)20/h2-11,21,23H,1H3/b22-18+. The molecule has 2 aromatic rings. The average Bonchev–Trinajstić information content (AvgIpc) is 2.54. The lowest BCUT2D eigenvalue weighted by molar-refractivity contribution is -0.110. The second-order valence-electron chi connectivity index (χ2n) is 5.42. The SMILES string of the molecule is Cc1ccc(NC2=CC(=O)C=C/C2=N\c2ccc(O)cc2Cl)cc1. The van der Waals surface area contributed by atoms with E-state index in [1.165, 1.54) is 24.3 Å². The van der Waals surface area contributed by atoms with Gasteiger partial charge in [-0.15, -0.1) is 0 Å². The number of nitrogens with one attached hydrogen (secondary N) is 1. The third-order valence-electron chi connectivity index (χ3n) is 3.47. The summed E-state index contributed by atoms with van der Waals surface area (Å²) in [6.07, 6.45) is 4.59. The Bertz CT molecular complexity index is 881. The molecule has 4 nitrogen and oxygen atoms in total. The summed E-state index contributed by atoms with van der Waals surface area (Å²) in [5.41, 5.74) is 3.71. The van der Waals surface area contributed by atoms with Crippen LogP contribution in [0.25, 0.3) is 0 Å². The minimum atomic E-state index is -0.111. The Kier molecular flexibility index (Phi) is 4.49. The summed E-state index contributed by atoms with van der Waals surface area (Å²) in [5.74, 6) is -0.0350. The van der Waals surface area contributed by atoms with Gasteiger partial charge in [0.15, 0.2) is 5.78 Å². The fourth-order valence-corrected chi connectivity index (χ4v) is 2.44. The molecule has 3 rings (SSSR count). The van der Waals surface area contributed by atoms with Crippen molar-refractivity contribution in [3.05, 3.63) is 77.0 Å². The van der Waals surface area contributed by atoms with Crippen molar-refractivity contribution in [3.8, 4) is 5.75 Å². The minimum Gasteiger partial charge on any atom is -0.508 e. The molecule has 2 aromatic carbocycles. The quantitative estimate of drug-likeness (QED) is 0.806. The minimum absolute atomic E-state index is 0.0758. The predicted molar refractivity (Wildman–Crippen MR) is 97.2 cm³/mol. The molecule has 0 amide bonds. The Hall–Kier alpha value is -2.85. The smallest absolute Gasteiger partial charge is 0.180 e. The van der Waals surface area contributed by atoms with E-state index < -0.39 is 0 Å². The highest BCUT2D eigenvalue weighted by molar-refractivity contribution is 6.33. The van der Waals surface area contributed by atoms with E-state index >= 15 is 0 Å². The number of anilines is 1. The largest absolute Gasteiger partial charge is 0.508 e. The maximum absolute atomic E-state index is 11.7. The number of phenolic OH excluding ortho intramolecular Hbond substituents is 1. The molecule has 2 N–H and O–H groups in total. The van der Waals surface area contributed by atoms with Crippen molar-refractivity contribution in [2.45, 2.75) is 6.92 Å². The van der Waals surface area contributed by atoms with Gasteiger partial charge in [-0.25, -0.2) is 4.99 Å². The van der Waals surface area contributed by atoms with Crippen LogP contribution in [0.5, 0.6) is 5.75 Å². The molecule has 0 atom stereocenters. The van der Waals surface area contributed by atoms with Crippen LogP contribution < -0.4 is 5.32 Å². The fourth-order valence-electron chi connectivity index (χ4n) is 2.22. The number of phenols is 1. The normalized spacial score (nSPS) is 15.5. The molecular weight excluding hydrogens is 324 g/mol. The second-order valence-corrected chi connectivity index (χ2v) is 5.82. The van der Waals surface area contributed by atoms with Gasteiger partial charge in [-0.05, 0) is 43.3 Å². The van der Waals surface area contributed by atoms with Gasteiger partial charge in [0.05, 0.1) is 22.1 Å². The number of halogens is 1. The predicted octanol–water partition coefficient (Wildman–Crippen LogP) is 4.56. The number of rotatable bonds is 3. The van der Waals surface area contributed by atoms with E-state index in [1.807, 2.05) is 31.2 Å². The number of aliphatic imine (C=N–C) groups is 1. The van der Waals surface area contributed by atoms with Crippen LogP contribution in [0.3, 0.4) is 0 Å². The summed E-state index contributed by atoms with van der Waals surface area (Å²) >= 11 is 6.10. The second kappa shape index (κ2) is 6.72. The molecule has 120 valence electrons. The summed E-state index contributed by atoms with van der Waals surface area (Å²) in [6.45, 7) is 2.01. The van der Waals surface area contributed by atoms with Gasteiger partial charge in [0.25, 0.3) is 0 Å². The molecule has 0 radical (unpaired) electrons. The first kappa shape index (κ1) is 16.0. The van der Waals surface area contributed by atoms with Crippen molar-refractivity contribution < 1.29 is 9.90 Å². The Morgan fingerprint density at radius 3 is 2.54 bits per heavy atom. The highest BCUT2D eigenvalue weighted by Crippen LogP contribution is 2.29. The Morgan fingerprint density at radius 2 is 1.83 bits per heavy atom. The third-order valence-corrected chi connectivity index (χ3v) is 3.77. The van der Waals surface area contributed by atoms with E-state index in [0.29, 0.717) is 22.1 Å². The molecule has 1 aliphatic rings. The van der Waals surface area contributed by atoms with E-state index in [2.05, 4.69) is 10.3 Å². The molecule has 0 saturated carbocycles. The van der Waals surface area contributed by atoms with Crippen molar-refractivity contribution in [3.63, 3.8) is 0 Å². The van der Waals surface area contributed by atoms with Crippen LogP contribution in [-0.4, -0.2) is 16.6 Å². The van der Waals surface area contributed by atoms with Crippen molar-refractivity contribution >= 4 is 34.5 Å². The molecule has 1 aliphatic carbocycles. The number of aromatic hydroxyl groups is 1. The lowest BCUT2D eigenvalue weighted by Gasteiger charge is -2.14. The monoisotopic (exact) mass is 338 g/mol. The third kappa shape index (κ3) is 3.73. The maximum atomic E-state index is 11.7. The zero-order chi connectivity index (χ0) is 17.1. The van der Waals surface area contributed by atoms with Crippen molar-refractivity contribution in [1.82, 2.24) is 0 Å². The Morgan fingerprint density at radius 1 is 1.08 bits per heavy atom. The van der Waals surface area contributed by atoms with Crippen LogP contribution in [0.4, 0.5) is 11.4 Å². The van der Waals surface area contributed by atoms with Gasteiger partial charge in [0, 0.05) is 17.8 Å². The number of carbonyl (C=O) groups excluding carboxylic acids is 1. The molecule has 0 unspecified atom stereocenters. The summed E-state index contributed by atoms with van der Waals surface area (Å²) in [7, 11) is 0. The Labute approximate surface area is 144 Å². The molecule has 24 heavy (non-hydrogen) atoms. The van der Waals surface area contributed by atoms with Crippen LogP contribution in [0.1, 0.15) is 5.56 Å². The lowest BCUT2D eigenvalue weighted by atomic mass is 10.1. The molecule has 0 fully saturated rings. The van der Waals surface area contributed by atoms with E-state index in [1.54, 1.807) is 12.1 Å². The molecule has 0 aliphatic heterocycles. The number of ketones is 1. The highest BCUT2D eigenvalue weighted by Gasteiger charge is 2.13. The number of allylic oxidation sites excluding steroid dienone is 3. The molecule has 0 saturated heterocycles. The van der Waals surface area contributed by atoms with Crippen LogP contribution >= 0.6 is 11.6 Å². The zero-order valence-corrected chi connectivity index (χ0v) is 13.7. The molecular formula is C19H15ClN2O2. The highest BCUT2D eigenvalue weighted by atomic mass is 35.5. The molecule has 0 aromatic heterocycles. The number of carbonyl (C=O) groups is 1. The number of hydrogen-bond acceptors (Lipinski definition) is 4. The fraction of sp³-hybridized carbons (Fsp3) is 0.0526. The molecule has 5 heteroatoms. The first-order chi connectivity index (χ1) is 11.5. The number of hydrogen-bond donors (Lipinski definition) is 2. The maximum Gasteiger partial charge on any atom is 0.180 e. The van der Waals surface area contributed by atoms with E-state index in [9.17, 15) is 9.90 Å². The number of benzene rings is 2. The molecule has 0 spiro atoms. The molecule has 0 bridgehead atoms. The van der Waals surface area contributed by atoms with Crippen LogP contribution in [-0.2, 0) is 4.79 Å². The van der Waals surface area contributed by atoms with Crippen molar-refractivity contribution in [2.24, 2.45) is 4.99 Å². The van der Waals surface area contributed by atoms with Crippen molar-refractivity contribution in [2.75, 3.05) is 5.32 Å². The van der Waals surface area contributed by atoms with E-state index in [0.717, 1.165) is 11.3 Å². The van der Waals surface area contributed by atoms with Gasteiger partial charge in [-0.1, -0.05) is 29.3 Å².